The van der Waals surface area contributed by atoms with Crippen LogP contribution < -0.4 is 0 Å². The molecule has 0 aliphatic rings. The van der Waals surface area contributed by atoms with Crippen LogP contribution in [0, 0.1) is 0 Å². The van der Waals surface area contributed by atoms with Crippen LogP contribution in [0.5, 0.6) is 0 Å². The summed E-state index contributed by atoms with van der Waals surface area (Å²) in [5.41, 5.74) is 0. The number of rotatable bonds is 2. The van der Waals surface area contributed by atoms with Crippen molar-refractivity contribution in [1.29, 1.82) is 0 Å². The van der Waals surface area contributed by atoms with E-state index in [4.69, 9.17) is 5.11 Å². The number of aliphatic carboxylic acids is 1. The highest BCUT2D eigenvalue weighted by atomic mass is 16.4. The Kier molecular flexibility index (Phi) is 6.45. The molecule has 0 saturated carbocycles. The summed E-state index contributed by atoms with van der Waals surface area (Å²) in [5.74, 6) is -0.829. The summed E-state index contributed by atoms with van der Waals surface area (Å²) in [4.78, 5) is 13.3. The minimum Gasteiger partial charge on any atom is -0.481 e. The highest BCUT2D eigenvalue weighted by Crippen LogP contribution is 1.74. The normalized spacial score (nSPS) is 7.67. The van der Waals surface area contributed by atoms with Crippen molar-refractivity contribution >= 4 is 5.97 Å². The second-order valence-corrected chi connectivity index (χ2v) is 1.91. The Bertz CT molecular complexity index is 195. The van der Waals surface area contributed by atoms with E-state index >= 15 is 0 Å². The smallest absolute Gasteiger partial charge is 0.307 e. The van der Waals surface area contributed by atoms with Crippen LogP contribution in [0.25, 0.3) is 0 Å². The zero-order valence-electron chi connectivity index (χ0n) is 6.68. The number of nitrogens with zero attached hydrogens (tertiary/aromatic N) is 1. The number of aromatic nitrogens is 1. The maximum Gasteiger partial charge on any atom is 0.307 e. The van der Waals surface area contributed by atoms with Crippen molar-refractivity contribution in [3.63, 3.8) is 0 Å². The summed E-state index contributed by atoms with van der Waals surface area (Å²) < 4.78 is 0. The number of carbonyl (C=O) groups is 1. The van der Waals surface area contributed by atoms with Gasteiger partial charge in [-0.05, 0) is 12.1 Å². The fourth-order valence-electron chi connectivity index (χ4n) is 0.436. The predicted octanol–water partition coefficient (Wildman–Crippen LogP) is 1.73. The van der Waals surface area contributed by atoms with E-state index in [-0.39, 0.29) is 6.42 Å². The third kappa shape index (κ3) is 8.36. The molecule has 0 unspecified atom stereocenters. The zero-order chi connectivity index (χ0) is 9.23. The third-order valence-electron chi connectivity index (χ3n) is 0.885. The van der Waals surface area contributed by atoms with E-state index in [2.05, 4.69) is 11.6 Å². The largest absolute Gasteiger partial charge is 0.481 e. The van der Waals surface area contributed by atoms with Gasteiger partial charge in [-0.15, -0.1) is 6.58 Å². The molecule has 1 rings (SSSR count). The average molecular weight is 165 g/mol. The lowest BCUT2D eigenvalue weighted by molar-refractivity contribution is -0.135. The molecular formula is C9H11NO2. The van der Waals surface area contributed by atoms with E-state index in [1.165, 1.54) is 6.08 Å². The Morgan fingerprint density at radius 3 is 2.08 bits per heavy atom. The van der Waals surface area contributed by atoms with Crippen molar-refractivity contribution < 1.29 is 9.90 Å². The molecule has 3 heteroatoms. The summed E-state index contributed by atoms with van der Waals surface area (Å²) in [6, 6.07) is 5.72. The van der Waals surface area contributed by atoms with Gasteiger partial charge in [0.25, 0.3) is 0 Å². The van der Waals surface area contributed by atoms with Gasteiger partial charge in [0.2, 0.25) is 0 Å². The third-order valence-corrected chi connectivity index (χ3v) is 0.885. The molecule has 0 saturated heterocycles. The van der Waals surface area contributed by atoms with Crippen molar-refractivity contribution in [3.8, 4) is 0 Å². The molecule has 1 heterocycles. The number of pyridine rings is 1. The van der Waals surface area contributed by atoms with E-state index < -0.39 is 5.97 Å². The van der Waals surface area contributed by atoms with Gasteiger partial charge in [-0.1, -0.05) is 12.1 Å². The number of hydrogen-bond donors (Lipinski definition) is 1. The molecule has 0 spiro atoms. The van der Waals surface area contributed by atoms with Crippen LogP contribution in [0.2, 0.25) is 0 Å². The maximum atomic E-state index is 9.53. The summed E-state index contributed by atoms with van der Waals surface area (Å²) in [5, 5.41) is 7.84. The van der Waals surface area contributed by atoms with Crippen LogP contribution in [-0.4, -0.2) is 16.1 Å². The van der Waals surface area contributed by atoms with Gasteiger partial charge in [-0.25, -0.2) is 0 Å². The Morgan fingerprint density at radius 2 is 2.00 bits per heavy atom. The number of hydrogen-bond acceptors (Lipinski definition) is 2. The van der Waals surface area contributed by atoms with E-state index in [0.29, 0.717) is 0 Å². The minimum absolute atomic E-state index is 0.0556. The molecule has 0 aliphatic carbocycles. The van der Waals surface area contributed by atoms with Crippen LogP contribution >= 0.6 is 0 Å². The minimum atomic E-state index is -0.829. The van der Waals surface area contributed by atoms with Gasteiger partial charge >= 0.3 is 5.97 Å². The van der Waals surface area contributed by atoms with E-state index in [9.17, 15) is 4.79 Å². The van der Waals surface area contributed by atoms with Crippen LogP contribution in [0.4, 0.5) is 0 Å². The fraction of sp³-hybridized carbons (Fsp3) is 0.111. The molecule has 12 heavy (non-hydrogen) atoms. The van der Waals surface area contributed by atoms with E-state index in [1.54, 1.807) is 12.4 Å². The fourth-order valence-corrected chi connectivity index (χ4v) is 0.436. The van der Waals surface area contributed by atoms with Crippen molar-refractivity contribution in [1.82, 2.24) is 4.98 Å². The standard InChI is InChI=1S/C5H5N.C4H6O2/c1-2-4-6-5-3-1;1-2-3-4(5)6/h1-5H;2H,1,3H2,(H,5,6). The van der Waals surface area contributed by atoms with Gasteiger partial charge in [-0.3, -0.25) is 9.78 Å². The molecule has 1 N–H and O–H groups in total. The second-order valence-electron chi connectivity index (χ2n) is 1.91. The van der Waals surface area contributed by atoms with E-state index in [1.807, 2.05) is 18.2 Å². The molecule has 64 valence electrons. The first-order chi connectivity index (χ1) is 5.77. The Hall–Kier alpha value is -1.64. The first kappa shape index (κ1) is 10.4. The second kappa shape index (κ2) is 7.47. The summed E-state index contributed by atoms with van der Waals surface area (Å²) in [6.45, 7) is 3.22. The molecule has 0 fully saturated rings. The molecule has 0 aromatic carbocycles. The molecule has 0 radical (unpaired) electrons. The Labute approximate surface area is 71.4 Å². The zero-order valence-corrected chi connectivity index (χ0v) is 6.68. The van der Waals surface area contributed by atoms with Gasteiger partial charge < -0.3 is 5.11 Å². The molecule has 1 aromatic rings. The highest BCUT2D eigenvalue weighted by molar-refractivity contribution is 5.68. The Balaban J connectivity index is 0.000000202. The summed E-state index contributed by atoms with van der Waals surface area (Å²) >= 11 is 0. The van der Waals surface area contributed by atoms with Crippen molar-refractivity contribution in [3.05, 3.63) is 43.2 Å². The molecular weight excluding hydrogens is 154 g/mol. The van der Waals surface area contributed by atoms with Crippen LogP contribution in [0.15, 0.2) is 43.2 Å². The van der Waals surface area contributed by atoms with Gasteiger partial charge in [0, 0.05) is 12.4 Å². The van der Waals surface area contributed by atoms with E-state index in [0.717, 1.165) is 0 Å². The SMILES string of the molecule is C=CCC(=O)O.c1ccncc1. The highest BCUT2D eigenvalue weighted by Gasteiger charge is 1.84. The molecule has 0 bridgehead atoms. The lowest BCUT2D eigenvalue weighted by Crippen LogP contribution is -1.88. The Morgan fingerprint density at radius 1 is 1.42 bits per heavy atom. The van der Waals surface area contributed by atoms with Crippen LogP contribution in [0.3, 0.4) is 0 Å². The van der Waals surface area contributed by atoms with Gasteiger partial charge in [0.15, 0.2) is 0 Å². The number of carboxylic acids is 1. The first-order valence-corrected chi connectivity index (χ1v) is 3.45. The maximum absolute atomic E-state index is 9.53. The predicted molar refractivity (Wildman–Crippen MR) is 46.7 cm³/mol. The van der Waals surface area contributed by atoms with Crippen molar-refractivity contribution in [2.24, 2.45) is 0 Å². The molecule has 0 aliphatic heterocycles. The monoisotopic (exact) mass is 165 g/mol. The molecule has 3 nitrogen and oxygen atoms in total. The van der Waals surface area contributed by atoms with Crippen molar-refractivity contribution in [2.45, 2.75) is 6.42 Å². The molecule has 0 amide bonds. The lowest BCUT2D eigenvalue weighted by Gasteiger charge is -1.75. The lowest BCUT2D eigenvalue weighted by atomic mass is 10.4. The van der Waals surface area contributed by atoms with Crippen LogP contribution in [-0.2, 0) is 4.79 Å². The van der Waals surface area contributed by atoms with Crippen molar-refractivity contribution in [2.75, 3.05) is 0 Å². The van der Waals surface area contributed by atoms with Gasteiger partial charge in [0.1, 0.15) is 0 Å². The topological polar surface area (TPSA) is 50.2 Å². The quantitative estimate of drug-likeness (QED) is 0.679. The average Bonchev–Trinajstić information content (AvgIpc) is 2.08. The number of carboxylic acid groups (broad SMARTS) is 1. The van der Waals surface area contributed by atoms with Crippen LogP contribution in [0.1, 0.15) is 6.42 Å². The summed E-state index contributed by atoms with van der Waals surface area (Å²) in [7, 11) is 0. The molecule has 0 atom stereocenters. The molecule has 1 aromatic heterocycles. The summed E-state index contributed by atoms with van der Waals surface area (Å²) in [6.07, 6.45) is 4.91. The van der Waals surface area contributed by atoms with Gasteiger partial charge in [-0.2, -0.15) is 0 Å². The van der Waals surface area contributed by atoms with Gasteiger partial charge in [0.05, 0.1) is 6.42 Å². The first-order valence-electron chi connectivity index (χ1n) is 3.45.